The molecule has 0 spiro atoms. The Labute approximate surface area is 182 Å². The first-order chi connectivity index (χ1) is 14.6. The van der Waals surface area contributed by atoms with Gasteiger partial charge in [-0.3, -0.25) is 4.79 Å². The van der Waals surface area contributed by atoms with Crippen LogP contribution in [0.4, 0.5) is 0 Å². The van der Waals surface area contributed by atoms with E-state index in [2.05, 4.69) is 17.6 Å². The maximum atomic E-state index is 12.4. The van der Waals surface area contributed by atoms with Gasteiger partial charge in [-0.05, 0) is 52.7 Å². The van der Waals surface area contributed by atoms with E-state index >= 15 is 0 Å². The van der Waals surface area contributed by atoms with Gasteiger partial charge in [-0.1, -0.05) is 55.5 Å². The summed E-state index contributed by atoms with van der Waals surface area (Å²) >= 11 is 5.29. The van der Waals surface area contributed by atoms with Crippen molar-refractivity contribution in [2.75, 3.05) is 13.7 Å². The van der Waals surface area contributed by atoms with Gasteiger partial charge >= 0.3 is 0 Å². The number of hydrogen-bond acceptors (Lipinski definition) is 4. The molecule has 0 aliphatic rings. The van der Waals surface area contributed by atoms with E-state index in [9.17, 15) is 4.79 Å². The molecule has 0 bridgehead atoms. The molecule has 5 nitrogen and oxygen atoms in total. The Morgan fingerprint density at radius 2 is 1.83 bits per heavy atom. The lowest BCUT2D eigenvalue weighted by Gasteiger charge is -2.13. The van der Waals surface area contributed by atoms with Crippen molar-refractivity contribution in [2.24, 2.45) is 0 Å². The molecule has 3 aromatic carbocycles. The van der Waals surface area contributed by atoms with Crippen molar-refractivity contribution in [1.82, 2.24) is 10.6 Å². The number of amides is 1. The number of fused-ring (bicyclic) bond motifs is 1. The topological polar surface area (TPSA) is 59.6 Å². The van der Waals surface area contributed by atoms with E-state index in [1.807, 2.05) is 60.7 Å². The van der Waals surface area contributed by atoms with Gasteiger partial charge in [0.1, 0.15) is 0 Å². The lowest BCUT2D eigenvalue weighted by Crippen LogP contribution is -2.39. The van der Waals surface area contributed by atoms with E-state index in [1.54, 1.807) is 7.11 Å². The Balaban J connectivity index is 1.54. The van der Waals surface area contributed by atoms with Crippen LogP contribution in [0.3, 0.4) is 0 Å². The van der Waals surface area contributed by atoms with Crippen LogP contribution in [-0.4, -0.2) is 24.7 Å². The van der Waals surface area contributed by atoms with Gasteiger partial charge in [-0.25, -0.2) is 0 Å². The van der Waals surface area contributed by atoms with Gasteiger partial charge < -0.3 is 20.1 Å². The predicted octanol–water partition coefficient (Wildman–Crippen LogP) is 4.37. The first-order valence-corrected chi connectivity index (χ1v) is 10.4. The summed E-state index contributed by atoms with van der Waals surface area (Å²) in [6.07, 6.45) is 1.19. The Bertz CT molecular complexity index is 1030. The molecule has 0 saturated carbocycles. The Morgan fingerprint density at radius 1 is 1.03 bits per heavy atom. The SMILES string of the molecule is CCCOc1ccc(CNC(=S)NC(=O)Cc2cccc3ccccc23)cc1OC. The molecule has 30 heavy (non-hydrogen) atoms. The molecule has 0 saturated heterocycles. The summed E-state index contributed by atoms with van der Waals surface area (Å²) in [6.45, 7) is 3.17. The van der Waals surface area contributed by atoms with Crippen molar-refractivity contribution in [1.29, 1.82) is 0 Å². The predicted molar refractivity (Wildman–Crippen MR) is 124 cm³/mol. The summed E-state index contributed by atoms with van der Waals surface area (Å²) in [5, 5.41) is 8.31. The molecule has 0 unspecified atom stereocenters. The van der Waals surface area contributed by atoms with E-state index in [0.717, 1.165) is 28.3 Å². The van der Waals surface area contributed by atoms with Gasteiger partial charge in [-0.15, -0.1) is 0 Å². The average molecular weight is 423 g/mol. The van der Waals surface area contributed by atoms with Crippen molar-refractivity contribution in [3.8, 4) is 11.5 Å². The number of methoxy groups -OCH3 is 1. The molecule has 0 heterocycles. The number of hydrogen-bond donors (Lipinski definition) is 2. The molecule has 3 rings (SSSR count). The highest BCUT2D eigenvalue weighted by molar-refractivity contribution is 7.80. The highest BCUT2D eigenvalue weighted by Gasteiger charge is 2.10. The van der Waals surface area contributed by atoms with Gasteiger partial charge in [-0.2, -0.15) is 0 Å². The van der Waals surface area contributed by atoms with Crippen LogP contribution in [0.15, 0.2) is 60.7 Å². The molecular weight excluding hydrogens is 396 g/mol. The maximum absolute atomic E-state index is 12.4. The van der Waals surface area contributed by atoms with Crippen molar-refractivity contribution in [3.05, 3.63) is 71.8 Å². The van der Waals surface area contributed by atoms with Crippen LogP contribution in [0.1, 0.15) is 24.5 Å². The minimum Gasteiger partial charge on any atom is -0.493 e. The summed E-state index contributed by atoms with van der Waals surface area (Å²) < 4.78 is 11.1. The molecule has 156 valence electrons. The summed E-state index contributed by atoms with van der Waals surface area (Å²) in [4.78, 5) is 12.4. The summed E-state index contributed by atoms with van der Waals surface area (Å²) in [6, 6.07) is 19.7. The average Bonchev–Trinajstić information content (AvgIpc) is 2.76. The van der Waals surface area contributed by atoms with Crippen molar-refractivity contribution < 1.29 is 14.3 Å². The molecule has 0 aliphatic heterocycles. The first-order valence-electron chi connectivity index (χ1n) is 9.94. The second-order valence-electron chi connectivity index (χ2n) is 6.88. The van der Waals surface area contributed by atoms with Gasteiger partial charge in [0.2, 0.25) is 5.91 Å². The largest absolute Gasteiger partial charge is 0.493 e. The van der Waals surface area contributed by atoms with Crippen molar-refractivity contribution in [3.63, 3.8) is 0 Å². The second kappa shape index (κ2) is 10.6. The fraction of sp³-hybridized carbons (Fsp3) is 0.250. The smallest absolute Gasteiger partial charge is 0.230 e. The third-order valence-electron chi connectivity index (χ3n) is 4.63. The van der Waals surface area contributed by atoms with Crippen LogP contribution in [0.25, 0.3) is 10.8 Å². The molecule has 6 heteroatoms. The molecule has 0 radical (unpaired) electrons. The number of benzene rings is 3. The third kappa shape index (κ3) is 5.70. The zero-order valence-corrected chi connectivity index (χ0v) is 18.1. The highest BCUT2D eigenvalue weighted by atomic mass is 32.1. The monoisotopic (exact) mass is 422 g/mol. The van der Waals surface area contributed by atoms with Crippen molar-refractivity contribution >= 4 is 34.0 Å². The lowest BCUT2D eigenvalue weighted by atomic mass is 10.0. The van der Waals surface area contributed by atoms with Crippen molar-refractivity contribution in [2.45, 2.75) is 26.3 Å². The van der Waals surface area contributed by atoms with Crippen LogP contribution < -0.4 is 20.1 Å². The van der Waals surface area contributed by atoms with Crippen LogP contribution in [-0.2, 0) is 17.8 Å². The van der Waals surface area contributed by atoms with Gasteiger partial charge in [0.05, 0.1) is 20.1 Å². The Kier molecular flexibility index (Phi) is 7.63. The molecule has 3 aromatic rings. The van der Waals surface area contributed by atoms with E-state index in [0.29, 0.717) is 29.8 Å². The number of nitrogens with one attached hydrogen (secondary N) is 2. The van der Waals surface area contributed by atoms with Crippen LogP contribution in [0.2, 0.25) is 0 Å². The van der Waals surface area contributed by atoms with Gasteiger partial charge in [0, 0.05) is 6.54 Å². The quantitative estimate of drug-likeness (QED) is 0.528. The molecule has 0 aliphatic carbocycles. The Hall–Kier alpha value is -3.12. The zero-order chi connectivity index (χ0) is 21.3. The van der Waals surface area contributed by atoms with Gasteiger partial charge in [0.25, 0.3) is 0 Å². The minimum atomic E-state index is -0.148. The van der Waals surface area contributed by atoms with Crippen LogP contribution >= 0.6 is 12.2 Å². The number of rotatable bonds is 8. The van der Waals surface area contributed by atoms with Gasteiger partial charge in [0.15, 0.2) is 16.6 Å². The standard InChI is InChI=1S/C24H26N2O3S/c1-3-13-29-21-12-11-17(14-22(21)28-2)16-25-24(30)26-23(27)15-19-9-6-8-18-7-4-5-10-20(18)19/h4-12,14H,3,13,15-16H2,1-2H3,(H2,25,26,27,30). The summed E-state index contributed by atoms with van der Waals surface area (Å²) in [7, 11) is 1.61. The third-order valence-corrected chi connectivity index (χ3v) is 4.87. The van der Waals surface area contributed by atoms with E-state index in [-0.39, 0.29) is 12.3 Å². The van der Waals surface area contributed by atoms with E-state index in [1.165, 1.54) is 0 Å². The number of ether oxygens (including phenoxy) is 2. The molecule has 0 aromatic heterocycles. The second-order valence-corrected chi connectivity index (χ2v) is 7.29. The normalized spacial score (nSPS) is 10.5. The Morgan fingerprint density at radius 3 is 2.63 bits per heavy atom. The zero-order valence-electron chi connectivity index (χ0n) is 17.2. The lowest BCUT2D eigenvalue weighted by molar-refractivity contribution is -0.119. The van der Waals surface area contributed by atoms with E-state index in [4.69, 9.17) is 21.7 Å². The number of carbonyl (C=O) groups excluding carboxylic acids is 1. The minimum absolute atomic E-state index is 0.148. The highest BCUT2D eigenvalue weighted by Crippen LogP contribution is 2.28. The first kappa shape index (κ1) is 21.6. The maximum Gasteiger partial charge on any atom is 0.230 e. The molecule has 1 amide bonds. The molecule has 0 fully saturated rings. The fourth-order valence-corrected chi connectivity index (χ4v) is 3.36. The summed E-state index contributed by atoms with van der Waals surface area (Å²) in [5.74, 6) is 1.24. The number of carbonyl (C=O) groups is 1. The van der Waals surface area contributed by atoms with E-state index < -0.39 is 0 Å². The number of thiocarbonyl (C=S) groups is 1. The van der Waals surface area contributed by atoms with Crippen LogP contribution in [0.5, 0.6) is 11.5 Å². The fourth-order valence-electron chi connectivity index (χ4n) is 3.17. The van der Waals surface area contributed by atoms with Crippen LogP contribution in [0, 0.1) is 0 Å². The molecule has 0 atom stereocenters. The summed E-state index contributed by atoms with van der Waals surface area (Å²) in [5.41, 5.74) is 1.95. The molecular formula is C24H26N2O3S. The molecule has 2 N–H and O–H groups in total.